The number of nitrogens with zero attached hydrogens (tertiary/aromatic N) is 1. The molecule has 29 heavy (non-hydrogen) atoms. The quantitative estimate of drug-likeness (QED) is 0.698. The first kappa shape index (κ1) is 20.6. The first-order chi connectivity index (χ1) is 14.0. The average molecular weight is 397 g/mol. The number of hydrogen-bond donors (Lipinski definition) is 2. The van der Waals surface area contributed by atoms with Crippen LogP contribution in [0.1, 0.15) is 41.7 Å². The van der Waals surface area contributed by atoms with Gasteiger partial charge in [-0.1, -0.05) is 6.07 Å². The zero-order valence-electron chi connectivity index (χ0n) is 16.8. The standard InChI is InChI=1S/C22H27N3O4/c1-15-20(7-4-12-23-15)29-19-10-8-17(9-11-19)25-22(27)16-5-3-6-18(13-16)24-14-21(26)28-2/h3-7,12-13,17,19,24H,8-11,14H2,1-2H3,(H,25,27). The molecule has 1 aromatic carbocycles. The lowest BCUT2D eigenvalue weighted by molar-refractivity contribution is -0.138. The van der Waals surface area contributed by atoms with Crippen molar-refractivity contribution in [2.75, 3.05) is 19.0 Å². The van der Waals surface area contributed by atoms with Gasteiger partial charge in [0.05, 0.1) is 18.9 Å². The van der Waals surface area contributed by atoms with Crippen molar-refractivity contribution in [1.29, 1.82) is 0 Å². The van der Waals surface area contributed by atoms with Crippen molar-refractivity contribution < 1.29 is 19.1 Å². The fraction of sp³-hybridized carbons (Fsp3) is 0.409. The smallest absolute Gasteiger partial charge is 0.325 e. The molecular weight excluding hydrogens is 370 g/mol. The van der Waals surface area contributed by atoms with Gasteiger partial charge in [0.15, 0.2) is 0 Å². The summed E-state index contributed by atoms with van der Waals surface area (Å²) >= 11 is 0. The Morgan fingerprint density at radius 1 is 1.14 bits per heavy atom. The monoisotopic (exact) mass is 397 g/mol. The van der Waals surface area contributed by atoms with Crippen molar-refractivity contribution >= 4 is 17.6 Å². The molecule has 0 spiro atoms. The van der Waals surface area contributed by atoms with Crippen LogP contribution in [0.4, 0.5) is 5.69 Å². The molecule has 0 saturated heterocycles. The van der Waals surface area contributed by atoms with Gasteiger partial charge < -0.3 is 20.1 Å². The second kappa shape index (κ2) is 9.91. The summed E-state index contributed by atoms with van der Waals surface area (Å²) in [6, 6.07) is 11.0. The Kier molecular flexibility index (Phi) is 7.05. The highest BCUT2D eigenvalue weighted by Gasteiger charge is 2.24. The van der Waals surface area contributed by atoms with E-state index in [0.717, 1.165) is 37.1 Å². The van der Waals surface area contributed by atoms with Crippen LogP contribution in [0, 0.1) is 6.92 Å². The Morgan fingerprint density at radius 2 is 1.93 bits per heavy atom. The number of methoxy groups -OCH3 is 1. The van der Waals surface area contributed by atoms with E-state index in [1.54, 1.807) is 24.4 Å². The number of carbonyl (C=O) groups is 2. The molecule has 2 aromatic rings. The number of ether oxygens (including phenoxy) is 2. The van der Waals surface area contributed by atoms with Crippen LogP contribution in [0.5, 0.6) is 5.75 Å². The van der Waals surface area contributed by atoms with E-state index in [1.165, 1.54) is 7.11 Å². The second-order valence-electron chi connectivity index (χ2n) is 7.16. The van der Waals surface area contributed by atoms with Crippen LogP contribution in [-0.4, -0.2) is 42.7 Å². The number of benzene rings is 1. The normalized spacial score (nSPS) is 18.6. The first-order valence-electron chi connectivity index (χ1n) is 9.85. The maximum atomic E-state index is 12.6. The molecule has 0 unspecified atom stereocenters. The molecule has 3 rings (SSSR count). The van der Waals surface area contributed by atoms with Crippen molar-refractivity contribution in [3.05, 3.63) is 53.9 Å². The minimum atomic E-state index is -0.361. The summed E-state index contributed by atoms with van der Waals surface area (Å²) in [4.78, 5) is 28.1. The van der Waals surface area contributed by atoms with Crippen LogP contribution in [0.2, 0.25) is 0 Å². The molecule has 0 aliphatic heterocycles. The van der Waals surface area contributed by atoms with Crippen LogP contribution >= 0.6 is 0 Å². The molecule has 0 radical (unpaired) electrons. The lowest BCUT2D eigenvalue weighted by atomic mass is 9.92. The summed E-state index contributed by atoms with van der Waals surface area (Å²) in [5, 5.41) is 6.06. The summed E-state index contributed by atoms with van der Waals surface area (Å²) < 4.78 is 10.7. The fourth-order valence-corrected chi connectivity index (χ4v) is 3.38. The molecule has 1 aromatic heterocycles. The predicted molar refractivity (Wildman–Crippen MR) is 110 cm³/mol. The SMILES string of the molecule is COC(=O)CNc1cccc(C(=O)NC2CCC(Oc3cccnc3C)CC2)c1. The van der Waals surface area contributed by atoms with Crippen LogP contribution < -0.4 is 15.4 Å². The first-order valence-corrected chi connectivity index (χ1v) is 9.85. The van der Waals surface area contributed by atoms with Gasteiger partial charge in [0.25, 0.3) is 5.91 Å². The molecule has 0 atom stereocenters. The number of esters is 1. The van der Waals surface area contributed by atoms with E-state index in [-0.39, 0.29) is 30.6 Å². The predicted octanol–water partition coefficient (Wildman–Crippen LogP) is 3.09. The van der Waals surface area contributed by atoms with Gasteiger partial charge in [-0.25, -0.2) is 0 Å². The molecule has 1 amide bonds. The lowest BCUT2D eigenvalue weighted by Gasteiger charge is -2.29. The number of pyridine rings is 1. The zero-order chi connectivity index (χ0) is 20.6. The number of rotatable bonds is 7. The molecule has 1 heterocycles. The van der Waals surface area contributed by atoms with Crippen molar-refractivity contribution in [3.63, 3.8) is 0 Å². The van der Waals surface area contributed by atoms with E-state index in [0.29, 0.717) is 11.3 Å². The third-order valence-corrected chi connectivity index (χ3v) is 5.05. The second-order valence-corrected chi connectivity index (χ2v) is 7.16. The molecule has 0 bridgehead atoms. The largest absolute Gasteiger partial charge is 0.489 e. The molecule has 154 valence electrons. The third-order valence-electron chi connectivity index (χ3n) is 5.05. The van der Waals surface area contributed by atoms with Gasteiger partial charge in [-0.05, 0) is 62.9 Å². The molecular formula is C22H27N3O4. The molecule has 1 aliphatic rings. The molecule has 1 aliphatic carbocycles. The van der Waals surface area contributed by atoms with Gasteiger partial charge in [-0.3, -0.25) is 14.6 Å². The number of hydrogen-bond acceptors (Lipinski definition) is 6. The summed E-state index contributed by atoms with van der Waals surface area (Å²) in [7, 11) is 1.34. The summed E-state index contributed by atoms with van der Waals surface area (Å²) in [6.07, 6.45) is 5.43. The summed E-state index contributed by atoms with van der Waals surface area (Å²) in [6.45, 7) is 2.00. The van der Waals surface area contributed by atoms with Crippen LogP contribution in [0.15, 0.2) is 42.6 Å². The van der Waals surface area contributed by atoms with E-state index in [2.05, 4.69) is 20.4 Å². The minimum absolute atomic E-state index is 0.0575. The van der Waals surface area contributed by atoms with Gasteiger partial charge in [0, 0.05) is 23.5 Å². The Balaban J connectivity index is 1.48. The van der Waals surface area contributed by atoms with Crippen molar-refractivity contribution in [3.8, 4) is 5.75 Å². The van der Waals surface area contributed by atoms with Crippen LogP contribution in [-0.2, 0) is 9.53 Å². The highest BCUT2D eigenvalue weighted by molar-refractivity contribution is 5.95. The highest BCUT2D eigenvalue weighted by Crippen LogP contribution is 2.25. The van der Waals surface area contributed by atoms with Crippen molar-refractivity contribution in [2.24, 2.45) is 0 Å². The Bertz CT molecular complexity index is 847. The number of carbonyl (C=O) groups excluding carboxylic acids is 2. The molecule has 7 heteroatoms. The van der Waals surface area contributed by atoms with E-state index in [1.807, 2.05) is 25.1 Å². The number of aromatic nitrogens is 1. The summed E-state index contributed by atoms with van der Waals surface area (Å²) in [5.41, 5.74) is 2.15. The van der Waals surface area contributed by atoms with E-state index in [9.17, 15) is 9.59 Å². The van der Waals surface area contributed by atoms with Gasteiger partial charge in [-0.2, -0.15) is 0 Å². The number of anilines is 1. The molecule has 1 saturated carbocycles. The van der Waals surface area contributed by atoms with Gasteiger partial charge in [-0.15, -0.1) is 0 Å². The number of aryl methyl sites for hydroxylation is 1. The lowest BCUT2D eigenvalue weighted by Crippen LogP contribution is -2.39. The minimum Gasteiger partial charge on any atom is -0.489 e. The van der Waals surface area contributed by atoms with Crippen molar-refractivity contribution in [2.45, 2.75) is 44.8 Å². The Hall–Kier alpha value is -3.09. The van der Waals surface area contributed by atoms with Crippen LogP contribution in [0.25, 0.3) is 0 Å². The van der Waals surface area contributed by atoms with Gasteiger partial charge >= 0.3 is 5.97 Å². The van der Waals surface area contributed by atoms with E-state index in [4.69, 9.17) is 4.74 Å². The maximum Gasteiger partial charge on any atom is 0.325 e. The van der Waals surface area contributed by atoms with Gasteiger partial charge in [0.2, 0.25) is 0 Å². The number of nitrogens with one attached hydrogen (secondary N) is 2. The zero-order valence-corrected chi connectivity index (χ0v) is 16.8. The summed E-state index contributed by atoms with van der Waals surface area (Å²) in [5.74, 6) is 0.357. The van der Waals surface area contributed by atoms with Gasteiger partial charge in [0.1, 0.15) is 12.3 Å². The highest BCUT2D eigenvalue weighted by atomic mass is 16.5. The number of amides is 1. The Labute approximate surface area is 170 Å². The Morgan fingerprint density at radius 3 is 2.66 bits per heavy atom. The van der Waals surface area contributed by atoms with Crippen molar-refractivity contribution in [1.82, 2.24) is 10.3 Å². The average Bonchev–Trinajstić information content (AvgIpc) is 2.75. The fourth-order valence-electron chi connectivity index (χ4n) is 3.38. The molecule has 2 N–H and O–H groups in total. The van der Waals surface area contributed by atoms with E-state index < -0.39 is 0 Å². The van der Waals surface area contributed by atoms with Crippen LogP contribution in [0.3, 0.4) is 0 Å². The third kappa shape index (κ3) is 5.94. The molecule has 1 fully saturated rings. The molecule has 7 nitrogen and oxygen atoms in total. The van der Waals surface area contributed by atoms with E-state index >= 15 is 0 Å². The maximum absolute atomic E-state index is 12.6. The topological polar surface area (TPSA) is 89.5 Å².